The number of rotatable bonds is 6. The molecular formula is C24H22F3N11. The second-order valence-corrected chi connectivity index (χ2v) is 8.79. The topological polar surface area (TPSA) is 114 Å². The molecule has 11 nitrogen and oxygen atoms in total. The first-order valence-corrected chi connectivity index (χ1v) is 12.0. The van der Waals surface area contributed by atoms with Crippen LogP contribution in [0.1, 0.15) is 24.8 Å². The van der Waals surface area contributed by atoms with E-state index in [4.69, 9.17) is 0 Å². The maximum atomic E-state index is 13.7. The fraction of sp³-hybridized carbons (Fsp3) is 0.250. The Morgan fingerprint density at radius 1 is 0.842 bits per heavy atom. The summed E-state index contributed by atoms with van der Waals surface area (Å²) in [5.41, 5.74) is 0.938. The summed E-state index contributed by atoms with van der Waals surface area (Å²) >= 11 is 0. The van der Waals surface area contributed by atoms with E-state index in [2.05, 4.69) is 40.7 Å². The molecule has 194 valence electrons. The molecule has 5 heterocycles. The van der Waals surface area contributed by atoms with E-state index in [9.17, 15) is 13.2 Å². The van der Waals surface area contributed by atoms with Crippen molar-refractivity contribution in [2.45, 2.75) is 25.4 Å². The van der Waals surface area contributed by atoms with Crippen LogP contribution in [-0.2, 0) is 6.18 Å². The lowest BCUT2D eigenvalue weighted by Crippen LogP contribution is -2.31. The normalized spacial score (nSPS) is 14.1. The lowest BCUT2D eigenvalue weighted by molar-refractivity contribution is -0.137. The van der Waals surface area contributed by atoms with Gasteiger partial charge < -0.3 is 19.9 Å². The Bertz CT molecular complexity index is 1560. The van der Waals surface area contributed by atoms with Gasteiger partial charge in [0.1, 0.15) is 18.3 Å². The van der Waals surface area contributed by atoms with E-state index in [1.165, 1.54) is 23.4 Å². The molecule has 2 N–H and O–H groups in total. The zero-order chi connectivity index (χ0) is 26.1. The number of hydrogen-bond donors (Lipinski definition) is 2. The molecule has 4 aromatic heterocycles. The van der Waals surface area contributed by atoms with Gasteiger partial charge in [0, 0.05) is 49.1 Å². The second-order valence-electron chi connectivity index (χ2n) is 8.79. The van der Waals surface area contributed by atoms with Crippen molar-refractivity contribution in [3.05, 3.63) is 67.1 Å². The minimum absolute atomic E-state index is 0.105. The van der Waals surface area contributed by atoms with Crippen LogP contribution in [0.2, 0.25) is 0 Å². The minimum Gasteiger partial charge on any atom is -0.341 e. The summed E-state index contributed by atoms with van der Waals surface area (Å²) in [4.78, 5) is 23.8. The molecule has 6 rings (SSSR count). The monoisotopic (exact) mass is 521 g/mol. The highest BCUT2D eigenvalue weighted by Crippen LogP contribution is 2.33. The lowest BCUT2D eigenvalue weighted by atomic mass is 10.1. The van der Waals surface area contributed by atoms with Crippen LogP contribution in [0.15, 0.2) is 61.6 Å². The van der Waals surface area contributed by atoms with Crippen LogP contribution in [0.5, 0.6) is 0 Å². The zero-order valence-electron chi connectivity index (χ0n) is 20.0. The molecule has 1 aliphatic rings. The van der Waals surface area contributed by atoms with Crippen molar-refractivity contribution >= 4 is 34.9 Å². The number of imidazole rings is 1. The largest absolute Gasteiger partial charge is 0.416 e. The fourth-order valence-corrected chi connectivity index (χ4v) is 4.28. The Morgan fingerprint density at radius 3 is 2.37 bits per heavy atom. The summed E-state index contributed by atoms with van der Waals surface area (Å²) in [6.45, 7) is 1.56. The number of halogens is 3. The van der Waals surface area contributed by atoms with E-state index in [-0.39, 0.29) is 23.3 Å². The molecule has 0 saturated carbocycles. The van der Waals surface area contributed by atoms with Crippen LogP contribution in [0.4, 0.5) is 42.4 Å². The Labute approximate surface area is 214 Å². The Kier molecular flexibility index (Phi) is 5.98. The molecule has 1 fully saturated rings. The maximum Gasteiger partial charge on any atom is 0.416 e. The highest BCUT2D eigenvalue weighted by Gasteiger charge is 2.31. The quantitative estimate of drug-likeness (QED) is 0.331. The van der Waals surface area contributed by atoms with Crippen LogP contribution >= 0.6 is 0 Å². The van der Waals surface area contributed by atoms with Gasteiger partial charge in [-0.3, -0.25) is 0 Å². The Hall–Kier alpha value is -4.75. The number of alkyl halides is 3. The predicted molar refractivity (Wildman–Crippen MR) is 134 cm³/mol. The summed E-state index contributed by atoms with van der Waals surface area (Å²) < 4.78 is 44.2. The molecule has 0 bridgehead atoms. The first-order valence-electron chi connectivity index (χ1n) is 12.0. The SMILES string of the molecule is FC(F)(F)c1cc(Nc2nc(Nc3ccn4ccnc4c3)nc(N3CCCCC3)n2)cc(-n2cncn2)c1. The minimum atomic E-state index is -4.57. The number of pyridine rings is 1. The van der Waals surface area contributed by atoms with Gasteiger partial charge in [-0.2, -0.15) is 33.2 Å². The second kappa shape index (κ2) is 9.61. The van der Waals surface area contributed by atoms with Crippen LogP contribution in [-0.4, -0.2) is 52.2 Å². The Morgan fingerprint density at radius 2 is 1.63 bits per heavy atom. The van der Waals surface area contributed by atoms with Gasteiger partial charge in [-0.15, -0.1) is 0 Å². The van der Waals surface area contributed by atoms with Crippen LogP contribution in [0, 0.1) is 0 Å². The summed E-state index contributed by atoms with van der Waals surface area (Å²) in [5.74, 6) is 0.798. The molecule has 1 aliphatic heterocycles. The summed E-state index contributed by atoms with van der Waals surface area (Å²) in [5, 5.41) is 10.1. The van der Waals surface area contributed by atoms with Crippen LogP contribution in [0.25, 0.3) is 11.3 Å². The average molecular weight is 522 g/mol. The zero-order valence-corrected chi connectivity index (χ0v) is 20.0. The van der Waals surface area contributed by atoms with Gasteiger partial charge in [-0.1, -0.05) is 0 Å². The number of nitrogens with one attached hydrogen (secondary N) is 2. The van der Waals surface area contributed by atoms with Gasteiger partial charge in [0.05, 0.1) is 11.3 Å². The number of anilines is 5. The van der Waals surface area contributed by atoms with Crippen LogP contribution in [0.3, 0.4) is 0 Å². The number of hydrogen-bond acceptors (Lipinski definition) is 9. The number of aromatic nitrogens is 8. The van der Waals surface area contributed by atoms with E-state index in [0.29, 0.717) is 11.6 Å². The lowest BCUT2D eigenvalue weighted by Gasteiger charge is -2.27. The molecule has 0 atom stereocenters. The molecule has 38 heavy (non-hydrogen) atoms. The Balaban J connectivity index is 1.37. The smallest absolute Gasteiger partial charge is 0.341 e. The number of piperidine rings is 1. The fourth-order valence-electron chi connectivity index (χ4n) is 4.28. The molecule has 0 unspecified atom stereocenters. The standard InChI is InChI=1S/C24H22F3N11/c25-24(26,27)16-10-18(12-19(11-16)38-15-28-14-30-38)32-22-33-21(34-23(35-22)37-6-2-1-3-7-37)31-17-4-8-36-9-5-29-20(36)13-17/h4-5,8-15H,1-3,6-7H2,(H2,31,32,33,34,35). The first kappa shape index (κ1) is 23.6. The van der Waals surface area contributed by atoms with Crippen molar-refractivity contribution in [1.29, 1.82) is 0 Å². The van der Waals surface area contributed by atoms with Crippen LogP contribution < -0.4 is 15.5 Å². The van der Waals surface area contributed by atoms with Crippen molar-refractivity contribution in [3.8, 4) is 5.69 Å². The molecule has 0 radical (unpaired) electrons. The molecule has 5 aromatic rings. The molecule has 1 aromatic carbocycles. The molecule has 0 aliphatic carbocycles. The molecule has 1 saturated heterocycles. The van der Waals surface area contributed by atoms with E-state index in [1.807, 2.05) is 33.8 Å². The average Bonchev–Trinajstić information content (AvgIpc) is 3.61. The number of fused-ring (bicyclic) bond motifs is 1. The van der Waals surface area contributed by atoms with E-state index in [0.717, 1.165) is 50.1 Å². The van der Waals surface area contributed by atoms with Crippen molar-refractivity contribution in [2.75, 3.05) is 28.6 Å². The molecule has 0 spiro atoms. The summed E-state index contributed by atoms with van der Waals surface area (Å²) in [6, 6.07) is 7.22. The van der Waals surface area contributed by atoms with Gasteiger partial charge >= 0.3 is 6.18 Å². The molecule has 14 heteroatoms. The number of nitrogens with zero attached hydrogens (tertiary/aromatic N) is 9. The van der Waals surface area contributed by atoms with Gasteiger partial charge in [0.25, 0.3) is 0 Å². The van der Waals surface area contributed by atoms with Crippen molar-refractivity contribution in [3.63, 3.8) is 0 Å². The third kappa shape index (κ3) is 5.05. The molecular weight excluding hydrogens is 499 g/mol. The summed E-state index contributed by atoms with van der Waals surface area (Å²) in [7, 11) is 0. The number of benzene rings is 1. The van der Waals surface area contributed by atoms with Crippen molar-refractivity contribution in [1.82, 2.24) is 39.1 Å². The maximum absolute atomic E-state index is 13.7. The highest BCUT2D eigenvalue weighted by molar-refractivity contribution is 5.64. The predicted octanol–water partition coefficient (Wildman–Crippen LogP) is 4.60. The highest BCUT2D eigenvalue weighted by atomic mass is 19.4. The molecule has 0 amide bonds. The third-order valence-electron chi connectivity index (χ3n) is 6.10. The van der Waals surface area contributed by atoms with Gasteiger partial charge in [0.15, 0.2) is 0 Å². The van der Waals surface area contributed by atoms with Gasteiger partial charge in [0.2, 0.25) is 17.8 Å². The van der Waals surface area contributed by atoms with Gasteiger partial charge in [-0.05, 0) is 43.5 Å². The van der Waals surface area contributed by atoms with Crippen molar-refractivity contribution in [2.24, 2.45) is 0 Å². The van der Waals surface area contributed by atoms with E-state index < -0.39 is 11.7 Å². The van der Waals surface area contributed by atoms with E-state index in [1.54, 1.807) is 6.20 Å². The first-order chi connectivity index (χ1) is 18.4. The van der Waals surface area contributed by atoms with Gasteiger partial charge in [-0.25, -0.2) is 14.6 Å². The third-order valence-corrected chi connectivity index (χ3v) is 6.10. The van der Waals surface area contributed by atoms with E-state index >= 15 is 0 Å². The summed E-state index contributed by atoms with van der Waals surface area (Å²) in [6.07, 6.45) is 6.53. The van der Waals surface area contributed by atoms with Crippen molar-refractivity contribution < 1.29 is 13.2 Å².